The Morgan fingerprint density at radius 2 is 2.17 bits per heavy atom. The topological polar surface area (TPSA) is 82.5 Å². The van der Waals surface area contributed by atoms with Gasteiger partial charge in [0.2, 0.25) is 5.91 Å². The van der Waals surface area contributed by atoms with Gasteiger partial charge in [-0.1, -0.05) is 19.8 Å². The number of hydrogen-bond acceptors (Lipinski definition) is 5. The number of unbranched alkanes of at least 4 members (excludes halogenated alkanes) is 1. The number of aromatic nitrogens is 1. The number of aliphatic carboxylic acids is 1. The SMILES string of the molecule is CCCCC(NC(=O)C1CCN(Cc2csc(C)n2)CC1)C(=O)O. The van der Waals surface area contributed by atoms with Gasteiger partial charge in [0, 0.05) is 17.8 Å². The van der Waals surface area contributed by atoms with Crippen LogP contribution >= 0.6 is 11.3 Å². The van der Waals surface area contributed by atoms with Crippen molar-refractivity contribution in [3.8, 4) is 0 Å². The molecule has 1 amide bonds. The Hall–Kier alpha value is -1.47. The second-order valence-electron chi connectivity index (χ2n) is 6.45. The van der Waals surface area contributed by atoms with Gasteiger partial charge in [-0.25, -0.2) is 9.78 Å². The maximum atomic E-state index is 12.3. The van der Waals surface area contributed by atoms with Crippen molar-refractivity contribution in [1.82, 2.24) is 15.2 Å². The normalized spacial score (nSPS) is 17.6. The predicted octanol–water partition coefficient (Wildman–Crippen LogP) is 2.42. The molecule has 1 unspecified atom stereocenters. The molecule has 2 rings (SSSR count). The van der Waals surface area contributed by atoms with E-state index in [9.17, 15) is 14.7 Å². The van der Waals surface area contributed by atoms with Crippen LogP contribution < -0.4 is 5.32 Å². The molecule has 0 radical (unpaired) electrons. The second kappa shape index (κ2) is 9.13. The number of carbonyl (C=O) groups excluding carboxylic acids is 1. The molecule has 24 heavy (non-hydrogen) atoms. The van der Waals surface area contributed by atoms with Crippen molar-refractivity contribution in [3.05, 3.63) is 16.1 Å². The standard InChI is InChI=1S/C17H27N3O3S/c1-3-4-5-15(17(22)23)19-16(21)13-6-8-20(9-7-13)10-14-11-24-12(2)18-14/h11,13,15H,3-10H2,1-2H3,(H,19,21)(H,22,23). The highest BCUT2D eigenvalue weighted by molar-refractivity contribution is 7.09. The number of carboxylic acids is 1. The zero-order valence-electron chi connectivity index (χ0n) is 14.5. The zero-order chi connectivity index (χ0) is 17.5. The van der Waals surface area contributed by atoms with Crippen LogP contribution in [0, 0.1) is 12.8 Å². The summed E-state index contributed by atoms with van der Waals surface area (Å²) in [5.41, 5.74) is 1.09. The summed E-state index contributed by atoms with van der Waals surface area (Å²) in [6.07, 6.45) is 3.78. The van der Waals surface area contributed by atoms with Gasteiger partial charge in [-0.15, -0.1) is 11.3 Å². The van der Waals surface area contributed by atoms with Gasteiger partial charge >= 0.3 is 5.97 Å². The minimum atomic E-state index is -0.937. The molecule has 7 heteroatoms. The highest BCUT2D eigenvalue weighted by Crippen LogP contribution is 2.20. The van der Waals surface area contributed by atoms with E-state index in [1.54, 1.807) is 11.3 Å². The number of carboxylic acid groups (broad SMARTS) is 1. The molecule has 0 aliphatic carbocycles. The molecule has 134 valence electrons. The number of thiazole rings is 1. The van der Waals surface area contributed by atoms with Crippen LogP contribution in [0.15, 0.2) is 5.38 Å². The maximum Gasteiger partial charge on any atom is 0.326 e. The van der Waals surface area contributed by atoms with Gasteiger partial charge in [0.15, 0.2) is 0 Å². The number of nitrogens with one attached hydrogen (secondary N) is 1. The fourth-order valence-corrected chi connectivity index (χ4v) is 3.62. The molecule has 1 saturated heterocycles. The molecule has 2 heterocycles. The zero-order valence-corrected chi connectivity index (χ0v) is 15.3. The van der Waals surface area contributed by atoms with E-state index in [0.717, 1.165) is 56.0 Å². The lowest BCUT2D eigenvalue weighted by molar-refractivity contribution is -0.143. The van der Waals surface area contributed by atoms with E-state index in [1.165, 1.54) is 0 Å². The largest absolute Gasteiger partial charge is 0.480 e. The van der Waals surface area contributed by atoms with Gasteiger partial charge in [0.1, 0.15) is 6.04 Å². The number of amides is 1. The van der Waals surface area contributed by atoms with Gasteiger partial charge in [0.05, 0.1) is 10.7 Å². The molecule has 1 atom stereocenters. The first-order valence-corrected chi connectivity index (χ1v) is 9.54. The maximum absolute atomic E-state index is 12.3. The summed E-state index contributed by atoms with van der Waals surface area (Å²) in [5, 5.41) is 15.1. The van der Waals surface area contributed by atoms with Crippen molar-refractivity contribution in [1.29, 1.82) is 0 Å². The van der Waals surface area contributed by atoms with E-state index in [2.05, 4.69) is 20.6 Å². The molecule has 2 N–H and O–H groups in total. The van der Waals surface area contributed by atoms with E-state index < -0.39 is 12.0 Å². The van der Waals surface area contributed by atoms with Crippen LogP contribution in [0.4, 0.5) is 0 Å². The van der Waals surface area contributed by atoms with E-state index >= 15 is 0 Å². The Morgan fingerprint density at radius 1 is 1.46 bits per heavy atom. The van der Waals surface area contributed by atoms with E-state index in [4.69, 9.17) is 0 Å². The number of aryl methyl sites for hydroxylation is 1. The molecule has 1 aromatic heterocycles. The van der Waals surface area contributed by atoms with Crippen LogP contribution in [-0.2, 0) is 16.1 Å². The predicted molar refractivity (Wildman–Crippen MR) is 93.9 cm³/mol. The molecule has 1 fully saturated rings. The third-order valence-corrected chi connectivity index (χ3v) is 5.29. The molecular weight excluding hydrogens is 326 g/mol. The summed E-state index contributed by atoms with van der Waals surface area (Å²) in [6.45, 7) is 6.54. The number of carbonyl (C=O) groups is 2. The summed E-state index contributed by atoms with van der Waals surface area (Å²) in [5.74, 6) is -1.13. The van der Waals surface area contributed by atoms with Crippen molar-refractivity contribution in [3.63, 3.8) is 0 Å². The highest BCUT2D eigenvalue weighted by atomic mass is 32.1. The summed E-state index contributed by atoms with van der Waals surface area (Å²) in [6, 6.07) is -0.756. The van der Waals surface area contributed by atoms with Gasteiger partial charge < -0.3 is 10.4 Å². The van der Waals surface area contributed by atoms with Gasteiger partial charge in [-0.2, -0.15) is 0 Å². The molecular formula is C17H27N3O3S. The molecule has 1 aliphatic rings. The van der Waals surface area contributed by atoms with E-state index in [0.29, 0.717) is 6.42 Å². The highest BCUT2D eigenvalue weighted by Gasteiger charge is 2.28. The summed E-state index contributed by atoms with van der Waals surface area (Å²) in [4.78, 5) is 30.4. The Kier molecular flexibility index (Phi) is 7.17. The van der Waals surface area contributed by atoms with Crippen LogP contribution in [0.1, 0.15) is 49.7 Å². The Morgan fingerprint density at radius 3 is 2.71 bits per heavy atom. The number of rotatable bonds is 8. The summed E-state index contributed by atoms with van der Waals surface area (Å²) >= 11 is 1.66. The number of piperidine rings is 1. The van der Waals surface area contributed by atoms with Crippen LogP contribution in [0.3, 0.4) is 0 Å². The molecule has 1 aliphatic heterocycles. The fraction of sp³-hybridized carbons (Fsp3) is 0.706. The third-order valence-electron chi connectivity index (χ3n) is 4.47. The van der Waals surface area contributed by atoms with Crippen LogP contribution in [0.25, 0.3) is 0 Å². The summed E-state index contributed by atoms with van der Waals surface area (Å²) < 4.78 is 0. The Bertz CT molecular complexity index is 553. The lowest BCUT2D eigenvalue weighted by Crippen LogP contribution is -2.46. The fourth-order valence-electron chi connectivity index (χ4n) is 3.02. The molecule has 0 spiro atoms. The lowest BCUT2D eigenvalue weighted by Gasteiger charge is -2.31. The van der Waals surface area contributed by atoms with Crippen LogP contribution in [0.2, 0.25) is 0 Å². The smallest absolute Gasteiger partial charge is 0.326 e. The van der Waals surface area contributed by atoms with Crippen molar-refractivity contribution >= 4 is 23.2 Å². The van der Waals surface area contributed by atoms with Crippen molar-refractivity contribution in [2.45, 2.75) is 58.5 Å². The molecule has 0 aromatic carbocycles. The van der Waals surface area contributed by atoms with Crippen LogP contribution in [-0.4, -0.2) is 46.0 Å². The first-order valence-electron chi connectivity index (χ1n) is 8.66. The third kappa shape index (κ3) is 5.56. The van der Waals surface area contributed by atoms with E-state index in [-0.39, 0.29) is 11.8 Å². The lowest BCUT2D eigenvalue weighted by atomic mass is 9.95. The van der Waals surface area contributed by atoms with Crippen molar-refractivity contribution in [2.24, 2.45) is 5.92 Å². The second-order valence-corrected chi connectivity index (χ2v) is 7.51. The molecule has 0 saturated carbocycles. The summed E-state index contributed by atoms with van der Waals surface area (Å²) in [7, 11) is 0. The molecule has 6 nitrogen and oxygen atoms in total. The monoisotopic (exact) mass is 353 g/mol. The van der Waals surface area contributed by atoms with Gasteiger partial charge in [-0.05, 0) is 39.3 Å². The average Bonchev–Trinajstić information content (AvgIpc) is 2.96. The Labute approximate surface area is 147 Å². The Balaban J connectivity index is 1.78. The van der Waals surface area contributed by atoms with Gasteiger partial charge in [0.25, 0.3) is 0 Å². The minimum Gasteiger partial charge on any atom is -0.480 e. The van der Waals surface area contributed by atoms with E-state index in [1.807, 2.05) is 13.8 Å². The van der Waals surface area contributed by atoms with Crippen molar-refractivity contribution < 1.29 is 14.7 Å². The number of likely N-dealkylation sites (tertiary alicyclic amines) is 1. The first-order chi connectivity index (χ1) is 11.5. The number of hydrogen-bond donors (Lipinski definition) is 2. The number of nitrogens with zero attached hydrogens (tertiary/aromatic N) is 2. The van der Waals surface area contributed by atoms with Crippen molar-refractivity contribution in [2.75, 3.05) is 13.1 Å². The minimum absolute atomic E-state index is 0.0816. The quantitative estimate of drug-likeness (QED) is 0.750. The average molecular weight is 353 g/mol. The molecule has 0 bridgehead atoms. The molecule has 1 aromatic rings. The van der Waals surface area contributed by atoms with Gasteiger partial charge in [-0.3, -0.25) is 9.69 Å². The first kappa shape index (κ1) is 18.9. The van der Waals surface area contributed by atoms with Crippen LogP contribution in [0.5, 0.6) is 0 Å².